The Bertz CT molecular complexity index is 547. The van der Waals surface area contributed by atoms with Crippen molar-refractivity contribution in [3.8, 4) is 0 Å². The molecule has 1 heterocycles. The molecule has 0 atom stereocenters. The monoisotopic (exact) mass is 258 g/mol. The van der Waals surface area contributed by atoms with Crippen molar-refractivity contribution in [3.05, 3.63) is 41.6 Å². The van der Waals surface area contributed by atoms with Gasteiger partial charge in [0.25, 0.3) is 0 Å². The van der Waals surface area contributed by atoms with Crippen LogP contribution in [0.5, 0.6) is 0 Å². The van der Waals surface area contributed by atoms with Gasteiger partial charge in [0.15, 0.2) is 5.78 Å². The van der Waals surface area contributed by atoms with Crippen LogP contribution >= 0.6 is 0 Å². The molecule has 4 nitrogen and oxygen atoms in total. The second kappa shape index (κ2) is 5.26. The Morgan fingerprint density at radius 2 is 2.05 bits per heavy atom. The van der Waals surface area contributed by atoms with E-state index in [1.54, 1.807) is 30.2 Å². The molecule has 0 radical (unpaired) electrons. The van der Waals surface area contributed by atoms with Crippen LogP contribution in [0.15, 0.2) is 30.5 Å². The van der Waals surface area contributed by atoms with Gasteiger partial charge in [-0.05, 0) is 30.2 Å². The minimum Gasteiger partial charge on any atom is -0.383 e. The zero-order valence-electron chi connectivity index (χ0n) is 11.5. The van der Waals surface area contributed by atoms with E-state index in [-0.39, 0.29) is 11.7 Å². The third-order valence-electron chi connectivity index (χ3n) is 3.16. The molecule has 1 aromatic rings. The van der Waals surface area contributed by atoms with E-state index in [4.69, 9.17) is 0 Å². The van der Waals surface area contributed by atoms with Gasteiger partial charge < -0.3 is 9.80 Å². The Kier molecular flexibility index (Phi) is 3.69. The Balaban J connectivity index is 2.24. The average molecular weight is 258 g/mol. The van der Waals surface area contributed by atoms with Gasteiger partial charge in [0.1, 0.15) is 0 Å². The highest BCUT2D eigenvalue weighted by atomic mass is 16.2. The maximum Gasteiger partial charge on any atom is 0.223 e. The van der Waals surface area contributed by atoms with Crippen molar-refractivity contribution in [1.82, 2.24) is 4.90 Å². The maximum absolute atomic E-state index is 12.0. The molecule has 0 bridgehead atoms. The smallest absolute Gasteiger partial charge is 0.223 e. The molecule has 0 saturated carbocycles. The summed E-state index contributed by atoms with van der Waals surface area (Å²) >= 11 is 0. The van der Waals surface area contributed by atoms with Crippen LogP contribution in [-0.2, 0) is 11.2 Å². The molecule has 2 rings (SSSR count). The van der Waals surface area contributed by atoms with Crippen LogP contribution in [0.3, 0.4) is 0 Å². The molecular weight excluding hydrogens is 240 g/mol. The van der Waals surface area contributed by atoms with Crippen LogP contribution < -0.4 is 4.90 Å². The van der Waals surface area contributed by atoms with Gasteiger partial charge in [-0.15, -0.1) is 0 Å². The molecule has 0 spiro atoms. The number of benzene rings is 1. The Hall–Kier alpha value is -2.10. The molecule has 100 valence electrons. The summed E-state index contributed by atoms with van der Waals surface area (Å²) in [5, 5.41) is 0. The van der Waals surface area contributed by atoms with Crippen molar-refractivity contribution < 1.29 is 9.59 Å². The summed E-state index contributed by atoms with van der Waals surface area (Å²) in [6.45, 7) is 2.27. The highest BCUT2D eigenvalue weighted by molar-refractivity contribution is 6.05. The Labute approximate surface area is 113 Å². The van der Waals surface area contributed by atoms with Crippen LogP contribution in [-0.4, -0.2) is 37.2 Å². The van der Waals surface area contributed by atoms with E-state index in [1.165, 1.54) is 0 Å². The lowest BCUT2D eigenvalue weighted by Crippen LogP contribution is -2.25. The van der Waals surface area contributed by atoms with Crippen molar-refractivity contribution in [3.63, 3.8) is 0 Å². The molecule has 4 heteroatoms. The molecule has 0 N–H and O–H groups in total. The average Bonchev–Trinajstić information content (AvgIpc) is 2.78. The summed E-state index contributed by atoms with van der Waals surface area (Å²) in [5.41, 5.74) is 2.67. The first-order valence-corrected chi connectivity index (χ1v) is 6.29. The highest BCUT2D eigenvalue weighted by Crippen LogP contribution is 2.29. The largest absolute Gasteiger partial charge is 0.383 e. The predicted molar refractivity (Wildman–Crippen MR) is 75.3 cm³/mol. The zero-order chi connectivity index (χ0) is 14.0. The highest BCUT2D eigenvalue weighted by Gasteiger charge is 2.22. The molecule has 0 fully saturated rings. The zero-order valence-corrected chi connectivity index (χ0v) is 11.5. The lowest BCUT2D eigenvalue weighted by atomic mass is 10.1. The first-order chi connectivity index (χ1) is 8.99. The van der Waals surface area contributed by atoms with E-state index >= 15 is 0 Å². The number of ketones is 1. The lowest BCUT2D eigenvalue weighted by Gasteiger charge is -2.14. The molecule has 0 saturated heterocycles. The summed E-state index contributed by atoms with van der Waals surface area (Å²) in [7, 11) is 3.74. The number of carbonyl (C=O) groups excluding carboxylic acids is 2. The van der Waals surface area contributed by atoms with Gasteiger partial charge in [-0.3, -0.25) is 9.59 Å². The van der Waals surface area contributed by atoms with E-state index in [0.29, 0.717) is 12.1 Å². The minimum atomic E-state index is -0.0159. The fourth-order valence-electron chi connectivity index (χ4n) is 2.20. The topological polar surface area (TPSA) is 40.6 Å². The van der Waals surface area contributed by atoms with Gasteiger partial charge in [-0.1, -0.05) is 0 Å². The van der Waals surface area contributed by atoms with Crippen molar-refractivity contribution in [2.45, 2.75) is 13.3 Å². The third kappa shape index (κ3) is 2.84. The van der Waals surface area contributed by atoms with Crippen LogP contribution in [0.2, 0.25) is 0 Å². The second-order valence-electron chi connectivity index (χ2n) is 4.91. The Morgan fingerprint density at radius 3 is 2.68 bits per heavy atom. The summed E-state index contributed by atoms with van der Waals surface area (Å²) in [4.78, 5) is 27.0. The van der Waals surface area contributed by atoms with Gasteiger partial charge in [0, 0.05) is 51.1 Å². The maximum atomic E-state index is 12.0. The van der Waals surface area contributed by atoms with Crippen molar-refractivity contribution in [1.29, 1.82) is 0 Å². The molecule has 0 aromatic heterocycles. The normalized spacial score (nSPS) is 13.7. The summed E-state index contributed by atoms with van der Waals surface area (Å²) in [6, 6.07) is 5.53. The standard InChI is InChI=1S/C15H18N2O2/c1-11(18)17-9-6-12-10-13(4-5-14(12)17)15(19)7-8-16(2)3/h4-5,7-8,10H,6,9H2,1-3H3/b8-7+. The number of allylic oxidation sites excluding steroid dienone is 1. The molecule has 19 heavy (non-hydrogen) atoms. The lowest BCUT2D eigenvalue weighted by molar-refractivity contribution is -0.116. The molecule has 0 aliphatic carbocycles. The third-order valence-corrected chi connectivity index (χ3v) is 3.16. The van der Waals surface area contributed by atoms with E-state index in [9.17, 15) is 9.59 Å². The molecule has 1 aliphatic rings. The number of anilines is 1. The number of hydrogen-bond acceptors (Lipinski definition) is 3. The van der Waals surface area contributed by atoms with Crippen LogP contribution in [0.1, 0.15) is 22.8 Å². The number of carbonyl (C=O) groups is 2. The summed E-state index contributed by atoms with van der Waals surface area (Å²) < 4.78 is 0. The second-order valence-corrected chi connectivity index (χ2v) is 4.91. The number of nitrogens with zero attached hydrogens (tertiary/aromatic N) is 2. The van der Waals surface area contributed by atoms with Crippen LogP contribution in [0, 0.1) is 0 Å². The fourth-order valence-corrected chi connectivity index (χ4v) is 2.20. The van der Waals surface area contributed by atoms with E-state index in [1.807, 2.05) is 31.1 Å². The van der Waals surface area contributed by atoms with Crippen molar-refractivity contribution >= 4 is 17.4 Å². The summed E-state index contributed by atoms with van der Waals surface area (Å²) in [5.74, 6) is 0.0307. The number of fused-ring (bicyclic) bond motifs is 1. The van der Waals surface area contributed by atoms with Gasteiger partial charge in [-0.2, -0.15) is 0 Å². The first kappa shape index (κ1) is 13.3. The molecule has 1 aromatic carbocycles. The van der Waals surface area contributed by atoms with E-state index in [2.05, 4.69) is 0 Å². The quantitative estimate of drug-likeness (QED) is 0.613. The SMILES string of the molecule is CC(=O)N1CCc2cc(C(=O)/C=C/N(C)C)ccc21. The molecule has 0 unspecified atom stereocenters. The molecule has 1 amide bonds. The number of hydrogen-bond donors (Lipinski definition) is 0. The van der Waals surface area contributed by atoms with Gasteiger partial charge in [0.2, 0.25) is 5.91 Å². The summed E-state index contributed by atoms with van der Waals surface area (Å²) in [6.07, 6.45) is 4.10. The molecule has 1 aliphatic heterocycles. The Morgan fingerprint density at radius 1 is 1.32 bits per heavy atom. The first-order valence-electron chi connectivity index (χ1n) is 6.29. The predicted octanol–water partition coefficient (Wildman–Crippen LogP) is 1.85. The number of amides is 1. The van der Waals surface area contributed by atoms with Gasteiger partial charge >= 0.3 is 0 Å². The molecular formula is C15H18N2O2. The van der Waals surface area contributed by atoms with Gasteiger partial charge in [0.05, 0.1) is 0 Å². The van der Waals surface area contributed by atoms with Crippen molar-refractivity contribution in [2.24, 2.45) is 0 Å². The number of rotatable bonds is 3. The van der Waals surface area contributed by atoms with Crippen LogP contribution in [0.25, 0.3) is 0 Å². The minimum absolute atomic E-state index is 0.0159. The van der Waals surface area contributed by atoms with Crippen LogP contribution in [0.4, 0.5) is 5.69 Å². The van der Waals surface area contributed by atoms with E-state index in [0.717, 1.165) is 17.7 Å². The van der Waals surface area contributed by atoms with Crippen molar-refractivity contribution in [2.75, 3.05) is 25.5 Å². The van der Waals surface area contributed by atoms with E-state index < -0.39 is 0 Å². The van der Waals surface area contributed by atoms with Gasteiger partial charge in [-0.25, -0.2) is 0 Å². The fraction of sp³-hybridized carbons (Fsp3) is 0.333.